The molecule has 0 aliphatic heterocycles. The lowest BCUT2D eigenvalue weighted by Gasteiger charge is -2.58. The fourth-order valence-corrected chi connectivity index (χ4v) is 11.2. The average molecular weight is 677 g/mol. The van der Waals surface area contributed by atoms with Crippen LogP contribution in [-0.2, 0) is 9.53 Å². The molecule has 0 aromatic rings. The van der Waals surface area contributed by atoms with E-state index in [0.717, 1.165) is 24.7 Å². The molecule has 4 rings (SSSR count). The number of hydrogen-bond donors (Lipinski definition) is 0. The summed E-state index contributed by atoms with van der Waals surface area (Å²) in [6, 6.07) is 0. The first-order valence-electron chi connectivity index (χ1n) is 21.8. The number of ether oxygens (including phenoxy) is 1. The van der Waals surface area contributed by atoms with Gasteiger partial charge in [-0.15, -0.1) is 0 Å². The standard InChI is InChI=1S/C47H80O2/c1-8-9-10-11-12-13-14-15-16-17-18-19-20-21-22-26-44(48)49-36-39(4)37(2)27-28-38(3)41-31-34-47(7)43-30-29-40-25-23-24-33-45(40,5)42(43)32-35-46(41,47)6/h15-16,27-28,37-41H,8-14,17-26,29-36H2,1-7H3/b16-15-,28-27?/t37-,38+,39?,40?,41+,45-,46+,47-/m0/s1. The van der Waals surface area contributed by atoms with Crippen molar-refractivity contribution < 1.29 is 9.53 Å². The van der Waals surface area contributed by atoms with Gasteiger partial charge in [0, 0.05) is 6.42 Å². The lowest BCUT2D eigenvalue weighted by molar-refractivity contribution is -0.145. The number of esters is 1. The SMILES string of the molecule is CCCCCCCC/C=C\CCCCCCCC(=O)OCC(C)[C@@H](C)C=C[C@@H](C)[C@H]1CC[C@@]2(C)C3=C(CC[C@]12C)[C@@]1(C)CCCCC1CC3. The summed E-state index contributed by atoms with van der Waals surface area (Å²) in [6.45, 7) is 17.9. The van der Waals surface area contributed by atoms with E-state index < -0.39 is 0 Å². The third-order valence-corrected chi connectivity index (χ3v) is 15.2. The maximum absolute atomic E-state index is 12.5. The van der Waals surface area contributed by atoms with Crippen molar-refractivity contribution in [2.24, 2.45) is 45.8 Å². The molecule has 0 heterocycles. The maximum atomic E-state index is 12.5. The zero-order valence-corrected chi connectivity index (χ0v) is 33.7. The Labute approximate surface area is 305 Å². The fraction of sp³-hybridized carbons (Fsp3) is 0.851. The highest BCUT2D eigenvalue weighted by atomic mass is 16.5. The van der Waals surface area contributed by atoms with Gasteiger partial charge in [0.25, 0.3) is 0 Å². The molecule has 4 aliphatic rings. The van der Waals surface area contributed by atoms with Crippen LogP contribution in [0.25, 0.3) is 0 Å². The van der Waals surface area contributed by atoms with Crippen molar-refractivity contribution in [2.75, 3.05) is 6.61 Å². The van der Waals surface area contributed by atoms with E-state index in [-0.39, 0.29) is 5.97 Å². The predicted octanol–water partition coefficient (Wildman–Crippen LogP) is 14.5. The van der Waals surface area contributed by atoms with Crippen LogP contribution < -0.4 is 0 Å². The number of hydrogen-bond acceptors (Lipinski definition) is 2. The van der Waals surface area contributed by atoms with E-state index in [4.69, 9.17) is 4.74 Å². The molecular weight excluding hydrogens is 597 g/mol. The Morgan fingerprint density at radius 3 is 2.14 bits per heavy atom. The number of carbonyl (C=O) groups is 1. The van der Waals surface area contributed by atoms with E-state index in [9.17, 15) is 4.79 Å². The van der Waals surface area contributed by atoms with Gasteiger partial charge in [-0.05, 0) is 129 Å². The van der Waals surface area contributed by atoms with Crippen LogP contribution in [-0.4, -0.2) is 12.6 Å². The molecule has 4 aliphatic carbocycles. The van der Waals surface area contributed by atoms with Gasteiger partial charge in [0.1, 0.15) is 0 Å². The van der Waals surface area contributed by atoms with Crippen molar-refractivity contribution in [3.8, 4) is 0 Å². The number of allylic oxidation sites excluding steroid dienone is 6. The molecule has 0 aromatic heterocycles. The number of carbonyl (C=O) groups excluding carboxylic acids is 1. The summed E-state index contributed by atoms with van der Waals surface area (Å²) < 4.78 is 5.76. The molecule has 0 aromatic carbocycles. The zero-order chi connectivity index (χ0) is 35.3. The van der Waals surface area contributed by atoms with E-state index in [1.807, 2.05) is 11.1 Å². The highest BCUT2D eigenvalue weighted by Gasteiger charge is 2.61. The lowest BCUT2D eigenvalue weighted by Crippen LogP contribution is -2.48. The summed E-state index contributed by atoms with van der Waals surface area (Å²) in [5.41, 5.74) is 5.14. The number of unbranched alkanes of at least 4 members (excludes halogenated alkanes) is 11. The molecule has 2 fully saturated rings. The van der Waals surface area contributed by atoms with Crippen LogP contribution >= 0.6 is 0 Å². The smallest absolute Gasteiger partial charge is 0.305 e. The zero-order valence-electron chi connectivity index (χ0n) is 33.7. The first-order chi connectivity index (χ1) is 23.6. The van der Waals surface area contributed by atoms with E-state index in [0.29, 0.717) is 47.0 Å². The quantitative estimate of drug-likeness (QED) is 0.0687. The molecule has 0 radical (unpaired) electrons. The van der Waals surface area contributed by atoms with Crippen molar-refractivity contribution in [3.63, 3.8) is 0 Å². The maximum Gasteiger partial charge on any atom is 0.305 e. The minimum absolute atomic E-state index is 0.00529. The molecule has 0 spiro atoms. The Hall–Kier alpha value is -1.31. The van der Waals surface area contributed by atoms with Gasteiger partial charge in [0.15, 0.2) is 0 Å². The number of fused-ring (bicyclic) bond motifs is 4. The largest absolute Gasteiger partial charge is 0.465 e. The highest BCUT2D eigenvalue weighted by Crippen LogP contribution is 2.71. The van der Waals surface area contributed by atoms with Gasteiger partial charge in [-0.2, -0.15) is 0 Å². The van der Waals surface area contributed by atoms with Gasteiger partial charge < -0.3 is 4.74 Å². The summed E-state index contributed by atoms with van der Waals surface area (Å²) in [4.78, 5) is 12.5. The monoisotopic (exact) mass is 677 g/mol. The van der Waals surface area contributed by atoms with E-state index >= 15 is 0 Å². The summed E-state index contributed by atoms with van der Waals surface area (Å²) in [5, 5.41) is 0. The second kappa shape index (κ2) is 19.5. The van der Waals surface area contributed by atoms with Crippen LogP contribution in [0.2, 0.25) is 0 Å². The van der Waals surface area contributed by atoms with Gasteiger partial charge in [-0.3, -0.25) is 4.79 Å². The van der Waals surface area contributed by atoms with Gasteiger partial charge in [0.2, 0.25) is 0 Å². The molecule has 2 nitrogen and oxygen atoms in total. The first kappa shape index (κ1) is 40.5. The molecule has 8 atom stereocenters. The summed E-state index contributed by atoms with van der Waals surface area (Å²) in [5.74, 6) is 3.05. The Balaban J connectivity index is 1.11. The third-order valence-electron chi connectivity index (χ3n) is 15.2. The molecule has 0 amide bonds. The molecule has 49 heavy (non-hydrogen) atoms. The molecule has 2 heteroatoms. The number of rotatable bonds is 21. The topological polar surface area (TPSA) is 26.3 Å². The van der Waals surface area contributed by atoms with Crippen LogP contribution in [0.4, 0.5) is 0 Å². The molecule has 2 saturated carbocycles. The van der Waals surface area contributed by atoms with Crippen LogP contribution in [0.15, 0.2) is 35.5 Å². The van der Waals surface area contributed by atoms with Crippen LogP contribution in [0, 0.1) is 45.8 Å². The van der Waals surface area contributed by atoms with E-state index in [1.54, 1.807) is 0 Å². The van der Waals surface area contributed by atoms with Crippen LogP contribution in [0.1, 0.15) is 203 Å². The van der Waals surface area contributed by atoms with Crippen LogP contribution in [0.3, 0.4) is 0 Å². The van der Waals surface area contributed by atoms with E-state index in [2.05, 4.69) is 72.8 Å². The van der Waals surface area contributed by atoms with Crippen molar-refractivity contribution in [3.05, 3.63) is 35.5 Å². The van der Waals surface area contributed by atoms with Crippen LogP contribution in [0.5, 0.6) is 0 Å². The third kappa shape index (κ3) is 10.2. The van der Waals surface area contributed by atoms with Gasteiger partial charge >= 0.3 is 5.97 Å². The van der Waals surface area contributed by atoms with Gasteiger partial charge in [-0.25, -0.2) is 0 Å². The van der Waals surface area contributed by atoms with Crippen molar-refractivity contribution in [1.29, 1.82) is 0 Å². The Morgan fingerprint density at radius 2 is 1.43 bits per heavy atom. The van der Waals surface area contributed by atoms with E-state index in [1.165, 1.54) is 135 Å². The molecule has 0 bridgehead atoms. The van der Waals surface area contributed by atoms with Crippen molar-refractivity contribution >= 4 is 5.97 Å². The predicted molar refractivity (Wildman–Crippen MR) is 212 cm³/mol. The Kier molecular flexibility index (Phi) is 16.1. The normalized spacial score (nSPS) is 31.8. The summed E-state index contributed by atoms with van der Waals surface area (Å²) >= 11 is 0. The fourth-order valence-electron chi connectivity index (χ4n) is 11.2. The summed E-state index contributed by atoms with van der Waals surface area (Å²) in [6.07, 6.45) is 41.1. The second-order valence-electron chi connectivity index (χ2n) is 18.3. The second-order valence-corrected chi connectivity index (χ2v) is 18.3. The first-order valence-corrected chi connectivity index (χ1v) is 21.8. The minimum atomic E-state index is -0.00529. The molecule has 0 saturated heterocycles. The summed E-state index contributed by atoms with van der Waals surface area (Å²) in [7, 11) is 0. The lowest BCUT2D eigenvalue weighted by atomic mass is 9.46. The molecule has 2 unspecified atom stereocenters. The Morgan fingerprint density at radius 1 is 0.755 bits per heavy atom. The van der Waals surface area contributed by atoms with Gasteiger partial charge in [0.05, 0.1) is 6.61 Å². The molecular formula is C47H80O2. The molecule has 0 N–H and O–H groups in total. The van der Waals surface area contributed by atoms with Crippen molar-refractivity contribution in [2.45, 2.75) is 203 Å². The highest BCUT2D eigenvalue weighted by molar-refractivity contribution is 5.69. The van der Waals surface area contributed by atoms with Gasteiger partial charge in [-0.1, -0.05) is 148 Å². The van der Waals surface area contributed by atoms with Crippen molar-refractivity contribution in [1.82, 2.24) is 0 Å². The molecule has 280 valence electrons. The Bertz CT molecular complexity index is 1100. The average Bonchev–Trinajstić information content (AvgIpc) is 3.38. The minimum Gasteiger partial charge on any atom is -0.465 e.